The maximum absolute atomic E-state index is 12.2. The van der Waals surface area contributed by atoms with Gasteiger partial charge >= 0.3 is 0 Å². The molecule has 0 atom stereocenters. The molecule has 1 heterocycles. The van der Waals surface area contributed by atoms with Crippen LogP contribution < -0.4 is 10.6 Å². The lowest BCUT2D eigenvalue weighted by Gasteiger charge is -2.08. The fourth-order valence-electron chi connectivity index (χ4n) is 1.68. The van der Waals surface area contributed by atoms with Gasteiger partial charge in [0.25, 0.3) is 5.91 Å². The smallest absolute Gasteiger partial charge is 0.258 e. The molecule has 0 fully saturated rings. The van der Waals surface area contributed by atoms with Crippen molar-refractivity contribution in [3.63, 3.8) is 0 Å². The van der Waals surface area contributed by atoms with E-state index in [0.29, 0.717) is 11.4 Å². The largest absolute Gasteiger partial charge is 0.387 e. The number of hydrogen-bond donors (Lipinski definition) is 3. The number of amides is 1. The van der Waals surface area contributed by atoms with Crippen LogP contribution in [0.15, 0.2) is 24.3 Å². The Morgan fingerprint density at radius 3 is 2.61 bits per heavy atom. The van der Waals surface area contributed by atoms with Crippen molar-refractivity contribution in [1.29, 1.82) is 0 Å². The summed E-state index contributed by atoms with van der Waals surface area (Å²) in [4.78, 5) is 12.2. The first-order valence-electron chi connectivity index (χ1n) is 5.73. The van der Waals surface area contributed by atoms with Gasteiger partial charge in [-0.05, 0) is 26.0 Å². The van der Waals surface area contributed by atoms with E-state index in [2.05, 4.69) is 20.8 Å². The van der Waals surface area contributed by atoms with E-state index < -0.39 is 0 Å². The summed E-state index contributed by atoms with van der Waals surface area (Å²) in [7, 11) is 1.79. The molecule has 0 saturated carbocycles. The molecule has 0 spiro atoms. The Bertz CT molecular complexity index is 574. The minimum atomic E-state index is -0.172. The first-order chi connectivity index (χ1) is 8.63. The monoisotopic (exact) mass is 244 g/mol. The Balaban J connectivity index is 2.25. The molecule has 0 aliphatic carbocycles. The van der Waals surface area contributed by atoms with Crippen molar-refractivity contribution in [2.75, 3.05) is 17.7 Å². The van der Waals surface area contributed by atoms with E-state index in [1.807, 2.05) is 32.0 Å². The van der Waals surface area contributed by atoms with E-state index in [1.54, 1.807) is 13.1 Å². The number of aromatic amines is 1. The molecule has 0 radical (unpaired) electrons. The van der Waals surface area contributed by atoms with Crippen LogP contribution in [0.1, 0.15) is 21.6 Å². The lowest BCUT2D eigenvalue weighted by molar-refractivity contribution is 0.102. The zero-order valence-corrected chi connectivity index (χ0v) is 10.7. The van der Waals surface area contributed by atoms with Gasteiger partial charge in [0.15, 0.2) is 5.82 Å². The van der Waals surface area contributed by atoms with Gasteiger partial charge in [-0.1, -0.05) is 12.1 Å². The number of nitrogens with zero attached hydrogens (tertiary/aromatic N) is 1. The number of aromatic nitrogens is 2. The number of carbonyl (C=O) groups excluding carboxylic acids is 1. The minimum Gasteiger partial charge on any atom is -0.387 e. The van der Waals surface area contributed by atoms with E-state index in [9.17, 15) is 4.79 Å². The SMILES string of the molecule is CNc1ccccc1C(=O)Nc1n[nH]c(C)c1C. The number of nitrogens with one attached hydrogen (secondary N) is 3. The minimum absolute atomic E-state index is 0.172. The molecule has 18 heavy (non-hydrogen) atoms. The van der Waals surface area contributed by atoms with E-state index in [4.69, 9.17) is 0 Å². The third-order valence-electron chi connectivity index (χ3n) is 2.93. The predicted octanol–water partition coefficient (Wildman–Crippen LogP) is 2.32. The van der Waals surface area contributed by atoms with Crippen LogP contribution in [-0.2, 0) is 0 Å². The number of rotatable bonds is 3. The number of para-hydroxylation sites is 1. The normalized spacial score (nSPS) is 10.2. The average molecular weight is 244 g/mol. The highest BCUT2D eigenvalue weighted by Gasteiger charge is 2.13. The summed E-state index contributed by atoms with van der Waals surface area (Å²) in [5.74, 6) is 0.401. The summed E-state index contributed by atoms with van der Waals surface area (Å²) >= 11 is 0. The number of anilines is 2. The quantitative estimate of drug-likeness (QED) is 0.776. The summed E-state index contributed by atoms with van der Waals surface area (Å²) in [6, 6.07) is 7.35. The molecule has 0 saturated heterocycles. The van der Waals surface area contributed by atoms with Gasteiger partial charge in [-0.3, -0.25) is 9.89 Å². The lowest BCUT2D eigenvalue weighted by atomic mass is 10.1. The van der Waals surface area contributed by atoms with Crippen molar-refractivity contribution in [2.45, 2.75) is 13.8 Å². The number of carbonyl (C=O) groups is 1. The molecule has 5 heteroatoms. The second kappa shape index (κ2) is 4.91. The lowest BCUT2D eigenvalue weighted by Crippen LogP contribution is -2.14. The molecule has 0 unspecified atom stereocenters. The van der Waals surface area contributed by atoms with E-state index in [0.717, 1.165) is 16.9 Å². The number of hydrogen-bond acceptors (Lipinski definition) is 3. The molecule has 2 aromatic rings. The molecule has 0 aliphatic heterocycles. The van der Waals surface area contributed by atoms with Crippen LogP contribution in [0.2, 0.25) is 0 Å². The van der Waals surface area contributed by atoms with Crippen molar-refractivity contribution in [3.8, 4) is 0 Å². The molecule has 5 nitrogen and oxygen atoms in total. The zero-order chi connectivity index (χ0) is 13.1. The second-order valence-corrected chi connectivity index (χ2v) is 4.07. The van der Waals surface area contributed by atoms with Gasteiger partial charge in [-0.25, -0.2) is 0 Å². The molecule has 1 aromatic carbocycles. The van der Waals surface area contributed by atoms with Gasteiger partial charge in [-0.2, -0.15) is 5.10 Å². The summed E-state index contributed by atoms with van der Waals surface area (Å²) in [5, 5.41) is 12.7. The Labute approximate surface area is 106 Å². The van der Waals surface area contributed by atoms with Crippen molar-refractivity contribution in [3.05, 3.63) is 41.1 Å². The van der Waals surface area contributed by atoms with Crippen LogP contribution in [-0.4, -0.2) is 23.2 Å². The standard InChI is InChI=1S/C13H16N4O/c1-8-9(2)16-17-12(8)15-13(18)10-6-4-5-7-11(10)14-3/h4-7,14H,1-3H3,(H2,15,16,17,18). The Hall–Kier alpha value is -2.30. The van der Waals surface area contributed by atoms with Gasteiger partial charge in [0, 0.05) is 24.0 Å². The Kier molecular flexibility index (Phi) is 3.32. The van der Waals surface area contributed by atoms with Gasteiger partial charge < -0.3 is 10.6 Å². The predicted molar refractivity (Wildman–Crippen MR) is 72.0 cm³/mol. The number of aryl methyl sites for hydroxylation is 1. The topological polar surface area (TPSA) is 69.8 Å². The van der Waals surface area contributed by atoms with Gasteiger partial charge in [0.1, 0.15) is 0 Å². The summed E-state index contributed by atoms with van der Waals surface area (Å²) in [6.07, 6.45) is 0. The molecule has 1 aromatic heterocycles. The zero-order valence-electron chi connectivity index (χ0n) is 10.7. The van der Waals surface area contributed by atoms with Crippen LogP contribution in [0, 0.1) is 13.8 Å². The third kappa shape index (κ3) is 2.20. The molecule has 1 amide bonds. The summed E-state index contributed by atoms with van der Waals surface area (Å²) in [6.45, 7) is 3.83. The van der Waals surface area contributed by atoms with Crippen molar-refractivity contribution >= 4 is 17.4 Å². The molecular weight excluding hydrogens is 228 g/mol. The maximum atomic E-state index is 12.2. The highest BCUT2D eigenvalue weighted by molar-refractivity contribution is 6.07. The van der Waals surface area contributed by atoms with Crippen LogP contribution in [0.4, 0.5) is 11.5 Å². The fourth-order valence-corrected chi connectivity index (χ4v) is 1.68. The second-order valence-electron chi connectivity index (χ2n) is 4.07. The van der Waals surface area contributed by atoms with Crippen LogP contribution >= 0.6 is 0 Å². The van der Waals surface area contributed by atoms with Crippen LogP contribution in [0.3, 0.4) is 0 Å². The molecule has 94 valence electrons. The molecule has 3 N–H and O–H groups in total. The molecular formula is C13H16N4O. The number of H-pyrrole nitrogens is 1. The van der Waals surface area contributed by atoms with E-state index >= 15 is 0 Å². The summed E-state index contributed by atoms with van der Waals surface area (Å²) in [5.41, 5.74) is 3.29. The van der Waals surface area contributed by atoms with Crippen molar-refractivity contribution in [2.24, 2.45) is 0 Å². The maximum Gasteiger partial charge on any atom is 0.258 e. The molecule has 0 bridgehead atoms. The molecule has 2 rings (SSSR count). The highest BCUT2D eigenvalue weighted by atomic mass is 16.1. The first kappa shape index (κ1) is 12.2. The van der Waals surface area contributed by atoms with Gasteiger partial charge in [0.05, 0.1) is 5.56 Å². The fraction of sp³-hybridized carbons (Fsp3) is 0.231. The highest BCUT2D eigenvalue weighted by Crippen LogP contribution is 2.18. The van der Waals surface area contributed by atoms with Gasteiger partial charge in [-0.15, -0.1) is 0 Å². The Morgan fingerprint density at radius 1 is 1.28 bits per heavy atom. The van der Waals surface area contributed by atoms with E-state index in [-0.39, 0.29) is 5.91 Å². The van der Waals surface area contributed by atoms with Crippen LogP contribution in [0.25, 0.3) is 0 Å². The van der Waals surface area contributed by atoms with Gasteiger partial charge in [0.2, 0.25) is 0 Å². The summed E-state index contributed by atoms with van der Waals surface area (Å²) < 4.78 is 0. The van der Waals surface area contributed by atoms with Crippen molar-refractivity contribution < 1.29 is 4.79 Å². The van der Waals surface area contributed by atoms with Crippen molar-refractivity contribution in [1.82, 2.24) is 10.2 Å². The average Bonchev–Trinajstić information content (AvgIpc) is 2.70. The molecule has 0 aliphatic rings. The third-order valence-corrected chi connectivity index (χ3v) is 2.93. The van der Waals surface area contributed by atoms with E-state index in [1.165, 1.54) is 0 Å². The first-order valence-corrected chi connectivity index (χ1v) is 5.73. The Morgan fingerprint density at radius 2 is 2.00 bits per heavy atom. The van der Waals surface area contributed by atoms with Crippen LogP contribution in [0.5, 0.6) is 0 Å². The number of benzene rings is 1.